The Labute approximate surface area is 98.5 Å². The molecule has 1 nitrogen and oxygen atoms in total. The maximum atomic E-state index is 10.5. The molecular formula is C15H22O. The average molecular weight is 218 g/mol. The number of rotatable bonds is 3. The lowest BCUT2D eigenvalue weighted by molar-refractivity contribution is 0.0444. The van der Waals surface area contributed by atoms with E-state index in [1.807, 2.05) is 0 Å². The van der Waals surface area contributed by atoms with Crippen LogP contribution in [0.2, 0.25) is 0 Å². The summed E-state index contributed by atoms with van der Waals surface area (Å²) >= 11 is 0. The lowest BCUT2D eigenvalue weighted by Crippen LogP contribution is -2.21. The fourth-order valence-electron chi connectivity index (χ4n) is 2.62. The average Bonchev–Trinajstić information content (AvgIpc) is 2.77. The molecule has 1 heteroatoms. The number of benzene rings is 1. The predicted octanol–water partition coefficient (Wildman–Crippen LogP) is 3.96. The van der Waals surface area contributed by atoms with Gasteiger partial charge in [-0.3, -0.25) is 0 Å². The van der Waals surface area contributed by atoms with Crippen LogP contribution >= 0.6 is 0 Å². The van der Waals surface area contributed by atoms with Crippen molar-refractivity contribution in [2.45, 2.75) is 57.5 Å². The van der Waals surface area contributed by atoms with Gasteiger partial charge >= 0.3 is 0 Å². The van der Waals surface area contributed by atoms with E-state index in [1.165, 1.54) is 5.56 Å². The smallest absolute Gasteiger partial charge is 0.0896 e. The van der Waals surface area contributed by atoms with Gasteiger partial charge in [-0.1, -0.05) is 51.0 Å². The molecule has 0 radical (unpaired) electrons. The first kappa shape index (κ1) is 11.7. The molecule has 16 heavy (non-hydrogen) atoms. The molecule has 1 aromatic carbocycles. The summed E-state index contributed by atoms with van der Waals surface area (Å²) in [6.45, 7) is 4.46. The number of hydrogen-bond donors (Lipinski definition) is 1. The van der Waals surface area contributed by atoms with Gasteiger partial charge in [0.2, 0.25) is 0 Å². The van der Waals surface area contributed by atoms with Crippen LogP contribution in [-0.4, -0.2) is 5.11 Å². The number of hydrogen-bond acceptors (Lipinski definition) is 1. The van der Waals surface area contributed by atoms with E-state index in [0.717, 1.165) is 37.7 Å². The second kappa shape index (κ2) is 4.58. The minimum atomic E-state index is -0.538. The number of aliphatic hydroxyl groups is 1. The van der Waals surface area contributed by atoms with Crippen molar-refractivity contribution in [3.05, 3.63) is 35.4 Å². The molecule has 0 heterocycles. The third kappa shape index (κ3) is 2.15. The van der Waals surface area contributed by atoms with Gasteiger partial charge in [0.25, 0.3) is 0 Å². The molecule has 1 fully saturated rings. The van der Waals surface area contributed by atoms with Crippen molar-refractivity contribution in [2.24, 2.45) is 0 Å². The minimum Gasteiger partial charge on any atom is -0.385 e. The van der Waals surface area contributed by atoms with E-state index in [9.17, 15) is 5.11 Å². The van der Waals surface area contributed by atoms with E-state index in [1.54, 1.807) is 0 Å². The monoisotopic (exact) mass is 218 g/mol. The molecular weight excluding hydrogens is 196 g/mol. The lowest BCUT2D eigenvalue weighted by Gasteiger charge is -2.24. The second-order valence-electron chi connectivity index (χ2n) is 5.17. The van der Waals surface area contributed by atoms with Crippen molar-refractivity contribution in [3.8, 4) is 0 Å². The standard InChI is InChI=1S/C15H22O/c1-3-12(2)13-7-6-8-14(11-13)15(16)9-4-5-10-15/h6-8,11-12,16H,3-5,9-10H2,1-2H3. The van der Waals surface area contributed by atoms with E-state index in [4.69, 9.17) is 0 Å². The third-order valence-electron chi connectivity index (χ3n) is 4.04. The summed E-state index contributed by atoms with van der Waals surface area (Å²) in [6.07, 6.45) is 5.32. The molecule has 1 aliphatic carbocycles. The lowest BCUT2D eigenvalue weighted by atomic mass is 9.88. The molecule has 1 aliphatic rings. The van der Waals surface area contributed by atoms with Crippen LogP contribution in [0.5, 0.6) is 0 Å². The van der Waals surface area contributed by atoms with Crippen LogP contribution in [0.25, 0.3) is 0 Å². The van der Waals surface area contributed by atoms with E-state index in [-0.39, 0.29) is 0 Å². The van der Waals surface area contributed by atoms with Crippen molar-refractivity contribution >= 4 is 0 Å². The van der Waals surface area contributed by atoms with Gasteiger partial charge in [0.05, 0.1) is 5.60 Å². The maximum Gasteiger partial charge on any atom is 0.0896 e. The topological polar surface area (TPSA) is 20.2 Å². The third-order valence-corrected chi connectivity index (χ3v) is 4.04. The first-order valence-corrected chi connectivity index (χ1v) is 6.48. The first-order valence-electron chi connectivity index (χ1n) is 6.48. The maximum absolute atomic E-state index is 10.5. The molecule has 1 saturated carbocycles. The predicted molar refractivity (Wildman–Crippen MR) is 67.5 cm³/mol. The van der Waals surface area contributed by atoms with E-state index < -0.39 is 5.60 Å². The molecule has 2 rings (SSSR count). The molecule has 0 aliphatic heterocycles. The highest BCUT2D eigenvalue weighted by Gasteiger charge is 2.32. The van der Waals surface area contributed by atoms with Gasteiger partial charge in [-0.25, -0.2) is 0 Å². The first-order chi connectivity index (χ1) is 7.65. The van der Waals surface area contributed by atoms with Crippen molar-refractivity contribution < 1.29 is 5.11 Å². The molecule has 0 amide bonds. The molecule has 0 spiro atoms. The fraction of sp³-hybridized carbons (Fsp3) is 0.600. The normalized spacial score (nSPS) is 20.9. The molecule has 0 bridgehead atoms. The Bertz CT molecular complexity index is 350. The van der Waals surface area contributed by atoms with E-state index in [2.05, 4.69) is 38.1 Å². The van der Waals surface area contributed by atoms with Crippen LogP contribution in [-0.2, 0) is 5.60 Å². The Morgan fingerprint density at radius 2 is 2.00 bits per heavy atom. The highest BCUT2D eigenvalue weighted by Crippen LogP contribution is 2.39. The van der Waals surface area contributed by atoms with Crippen LogP contribution in [0.15, 0.2) is 24.3 Å². The van der Waals surface area contributed by atoms with Crippen molar-refractivity contribution in [2.75, 3.05) is 0 Å². The van der Waals surface area contributed by atoms with Crippen molar-refractivity contribution in [1.82, 2.24) is 0 Å². The van der Waals surface area contributed by atoms with Crippen LogP contribution < -0.4 is 0 Å². The molecule has 0 saturated heterocycles. The quantitative estimate of drug-likeness (QED) is 0.814. The Morgan fingerprint density at radius 1 is 1.31 bits per heavy atom. The SMILES string of the molecule is CCC(C)c1cccc(C2(O)CCCC2)c1. The minimum absolute atomic E-state index is 0.538. The van der Waals surface area contributed by atoms with Gasteiger partial charge in [-0.15, -0.1) is 0 Å². The van der Waals surface area contributed by atoms with Gasteiger partial charge in [-0.05, 0) is 36.3 Å². The fourth-order valence-corrected chi connectivity index (χ4v) is 2.62. The largest absolute Gasteiger partial charge is 0.385 e. The highest BCUT2D eigenvalue weighted by molar-refractivity contribution is 5.30. The molecule has 1 aromatic rings. The summed E-state index contributed by atoms with van der Waals surface area (Å²) in [5.74, 6) is 0.588. The van der Waals surface area contributed by atoms with Crippen LogP contribution in [0.3, 0.4) is 0 Å². The Balaban J connectivity index is 2.28. The van der Waals surface area contributed by atoms with Crippen LogP contribution in [0.1, 0.15) is 63.0 Å². The Hall–Kier alpha value is -0.820. The summed E-state index contributed by atoms with van der Waals surface area (Å²) in [5, 5.41) is 10.5. The zero-order valence-electron chi connectivity index (χ0n) is 10.4. The molecule has 88 valence electrons. The molecule has 1 atom stereocenters. The summed E-state index contributed by atoms with van der Waals surface area (Å²) < 4.78 is 0. The van der Waals surface area contributed by atoms with Gasteiger partial charge in [-0.2, -0.15) is 0 Å². The summed E-state index contributed by atoms with van der Waals surface area (Å²) in [6, 6.07) is 8.56. The van der Waals surface area contributed by atoms with Gasteiger partial charge < -0.3 is 5.11 Å². The molecule has 1 N–H and O–H groups in total. The summed E-state index contributed by atoms with van der Waals surface area (Å²) in [4.78, 5) is 0. The van der Waals surface area contributed by atoms with Crippen molar-refractivity contribution in [1.29, 1.82) is 0 Å². The van der Waals surface area contributed by atoms with Crippen molar-refractivity contribution in [3.63, 3.8) is 0 Å². The zero-order valence-corrected chi connectivity index (χ0v) is 10.4. The van der Waals surface area contributed by atoms with Gasteiger partial charge in [0.15, 0.2) is 0 Å². The Kier molecular flexibility index (Phi) is 3.34. The highest BCUT2D eigenvalue weighted by atomic mass is 16.3. The van der Waals surface area contributed by atoms with Crippen LogP contribution in [0.4, 0.5) is 0 Å². The van der Waals surface area contributed by atoms with Gasteiger partial charge in [0.1, 0.15) is 0 Å². The Morgan fingerprint density at radius 3 is 2.62 bits per heavy atom. The van der Waals surface area contributed by atoms with E-state index in [0.29, 0.717) is 5.92 Å². The summed E-state index contributed by atoms with van der Waals surface area (Å²) in [5.41, 5.74) is 1.95. The zero-order chi connectivity index (χ0) is 11.6. The molecule has 0 aromatic heterocycles. The van der Waals surface area contributed by atoms with Gasteiger partial charge in [0, 0.05) is 0 Å². The van der Waals surface area contributed by atoms with E-state index >= 15 is 0 Å². The summed E-state index contributed by atoms with van der Waals surface area (Å²) in [7, 11) is 0. The second-order valence-corrected chi connectivity index (χ2v) is 5.17. The van der Waals surface area contributed by atoms with Crippen LogP contribution in [0, 0.1) is 0 Å². The molecule has 1 unspecified atom stereocenters.